The van der Waals surface area contributed by atoms with Gasteiger partial charge in [-0.15, -0.1) is 0 Å². The Hall–Kier alpha value is -2.61. The number of halogens is 1. The molecule has 8 heteroatoms. The maximum atomic E-state index is 12.8. The lowest BCUT2D eigenvalue weighted by Crippen LogP contribution is -2.48. The molecule has 2 aromatic carbocycles. The molecule has 0 saturated carbocycles. The van der Waals surface area contributed by atoms with Gasteiger partial charge in [0.25, 0.3) is 17.1 Å². The molecule has 2 fully saturated rings. The van der Waals surface area contributed by atoms with Crippen molar-refractivity contribution in [1.29, 1.82) is 0 Å². The van der Waals surface area contributed by atoms with Crippen molar-refractivity contribution in [2.24, 2.45) is 0 Å². The molecule has 166 valence electrons. The molecule has 0 N–H and O–H groups in total. The van der Waals surface area contributed by atoms with E-state index in [2.05, 4.69) is 0 Å². The molecule has 0 aliphatic carbocycles. The van der Waals surface area contributed by atoms with Crippen LogP contribution in [-0.4, -0.2) is 52.2 Å². The molecular weight excluding hydrogens is 448 g/mol. The molecule has 0 spiro atoms. The normalized spacial score (nSPS) is 22.7. The summed E-state index contributed by atoms with van der Waals surface area (Å²) in [5.74, 6) is -0.367. The van der Waals surface area contributed by atoms with E-state index in [-0.39, 0.29) is 35.8 Å². The third-order valence-electron chi connectivity index (χ3n) is 5.29. The quantitative estimate of drug-likeness (QED) is 0.599. The summed E-state index contributed by atoms with van der Waals surface area (Å²) in [4.78, 5) is 41.3. The van der Waals surface area contributed by atoms with E-state index in [1.807, 2.05) is 13.8 Å². The van der Waals surface area contributed by atoms with Crippen LogP contribution in [0.2, 0.25) is 5.02 Å². The minimum absolute atomic E-state index is 0.00506. The molecule has 2 aliphatic heterocycles. The topological polar surface area (TPSA) is 66.9 Å². The molecule has 4 rings (SSSR count). The van der Waals surface area contributed by atoms with Crippen LogP contribution in [0.4, 0.5) is 4.79 Å². The van der Waals surface area contributed by atoms with Gasteiger partial charge in [-0.1, -0.05) is 35.9 Å². The number of nitrogens with zero attached hydrogens (tertiary/aromatic N) is 2. The van der Waals surface area contributed by atoms with Gasteiger partial charge in [-0.25, -0.2) is 0 Å². The number of carbonyl (C=O) groups is 3. The van der Waals surface area contributed by atoms with Crippen LogP contribution in [0, 0.1) is 0 Å². The molecule has 0 unspecified atom stereocenters. The fraction of sp³-hybridized carbons (Fsp3) is 0.292. The molecular formula is C24H23ClN2O4S. The van der Waals surface area contributed by atoms with E-state index in [0.29, 0.717) is 28.6 Å². The monoisotopic (exact) mass is 470 g/mol. The average molecular weight is 471 g/mol. The molecule has 0 aromatic heterocycles. The van der Waals surface area contributed by atoms with Crippen molar-refractivity contribution in [3.05, 3.63) is 75.1 Å². The number of ether oxygens (including phenoxy) is 1. The second kappa shape index (κ2) is 9.48. The molecule has 3 amide bonds. The number of rotatable bonds is 4. The highest BCUT2D eigenvalue weighted by Gasteiger charge is 2.35. The zero-order valence-electron chi connectivity index (χ0n) is 17.8. The van der Waals surface area contributed by atoms with E-state index >= 15 is 0 Å². The standard InChI is InChI=1S/C24H23ClN2O4S/c1-15-12-26(13-16(2)31-15)22(28)19-7-3-17(4-8-19)11-21-23(29)27(24(30)32-21)14-18-5-9-20(25)10-6-18/h3-11,15-16H,12-14H2,1-2H3/b21-11-/t15-,16-/m0/s1. The summed E-state index contributed by atoms with van der Waals surface area (Å²) in [6.07, 6.45) is 1.69. The van der Waals surface area contributed by atoms with Gasteiger partial charge in [0.05, 0.1) is 23.7 Å². The second-order valence-electron chi connectivity index (χ2n) is 7.98. The Morgan fingerprint density at radius 2 is 1.69 bits per heavy atom. The Bertz CT molecular complexity index is 1060. The predicted molar refractivity (Wildman–Crippen MR) is 125 cm³/mol. The van der Waals surface area contributed by atoms with Crippen LogP contribution in [0.25, 0.3) is 6.08 Å². The zero-order chi connectivity index (χ0) is 22.8. The van der Waals surface area contributed by atoms with E-state index in [1.165, 1.54) is 4.90 Å². The number of hydrogen-bond donors (Lipinski definition) is 0. The lowest BCUT2D eigenvalue weighted by molar-refractivity contribution is -0.123. The lowest BCUT2D eigenvalue weighted by atomic mass is 10.1. The first-order valence-electron chi connectivity index (χ1n) is 10.3. The first-order valence-corrected chi connectivity index (χ1v) is 11.5. The number of carbonyl (C=O) groups excluding carboxylic acids is 3. The van der Waals surface area contributed by atoms with Gasteiger partial charge in [0.1, 0.15) is 0 Å². The molecule has 0 bridgehead atoms. The zero-order valence-corrected chi connectivity index (χ0v) is 19.4. The number of imide groups is 1. The Labute approximate surface area is 196 Å². The van der Waals surface area contributed by atoms with Crippen LogP contribution in [0.3, 0.4) is 0 Å². The number of hydrogen-bond acceptors (Lipinski definition) is 5. The summed E-state index contributed by atoms with van der Waals surface area (Å²) >= 11 is 6.81. The van der Waals surface area contributed by atoms with Crippen molar-refractivity contribution in [1.82, 2.24) is 9.80 Å². The SMILES string of the molecule is C[C@H]1CN(C(=O)c2ccc(/C=C3\SC(=O)N(Cc4ccc(Cl)cc4)C3=O)cc2)C[C@H](C)O1. The van der Waals surface area contributed by atoms with E-state index < -0.39 is 0 Å². The van der Waals surface area contributed by atoms with Crippen LogP contribution in [0.5, 0.6) is 0 Å². The third-order valence-corrected chi connectivity index (χ3v) is 6.45. The Kier molecular flexibility index (Phi) is 6.69. The minimum atomic E-state index is -0.327. The summed E-state index contributed by atoms with van der Waals surface area (Å²) in [7, 11) is 0. The Balaban J connectivity index is 1.44. The maximum absolute atomic E-state index is 12.8. The van der Waals surface area contributed by atoms with E-state index in [1.54, 1.807) is 59.5 Å². The van der Waals surface area contributed by atoms with Crippen LogP contribution < -0.4 is 0 Å². The van der Waals surface area contributed by atoms with Gasteiger partial charge in [-0.3, -0.25) is 19.3 Å². The molecule has 0 radical (unpaired) electrons. The molecule has 2 saturated heterocycles. The summed E-state index contributed by atoms with van der Waals surface area (Å²) < 4.78 is 5.69. The molecule has 2 heterocycles. The summed E-state index contributed by atoms with van der Waals surface area (Å²) in [5.41, 5.74) is 2.16. The molecule has 6 nitrogen and oxygen atoms in total. The highest BCUT2D eigenvalue weighted by molar-refractivity contribution is 8.18. The molecule has 2 aromatic rings. The van der Waals surface area contributed by atoms with Gasteiger partial charge in [-0.2, -0.15) is 0 Å². The molecule has 32 heavy (non-hydrogen) atoms. The van der Waals surface area contributed by atoms with Crippen LogP contribution >= 0.6 is 23.4 Å². The fourth-order valence-electron chi connectivity index (χ4n) is 3.81. The Morgan fingerprint density at radius 3 is 2.31 bits per heavy atom. The van der Waals surface area contributed by atoms with Gasteiger partial charge in [-0.05, 0) is 67.1 Å². The van der Waals surface area contributed by atoms with Crippen LogP contribution in [0.15, 0.2) is 53.4 Å². The van der Waals surface area contributed by atoms with Gasteiger partial charge in [0.15, 0.2) is 0 Å². The highest BCUT2D eigenvalue weighted by atomic mass is 35.5. The van der Waals surface area contributed by atoms with Crippen molar-refractivity contribution in [3.63, 3.8) is 0 Å². The van der Waals surface area contributed by atoms with Crippen molar-refractivity contribution < 1.29 is 19.1 Å². The smallest absolute Gasteiger partial charge is 0.293 e. The number of morpholine rings is 1. The van der Waals surface area contributed by atoms with Gasteiger partial charge < -0.3 is 9.64 Å². The van der Waals surface area contributed by atoms with E-state index in [0.717, 1.165) is 22.9 Å². The van der Waals surface area contributed by atoms with Gasteiger partial charge in [0, 0.05) is 23.7 Å². The first kappa shape index (κ1) is 22.6. The molecule has 2 aliphatic rings. The fourth-order valence-corrected chi connectivity index (χ4v) is 4.77. The lowest BCUT2D eigenvalue weighted by Gasteiger charge is -2.35. The second-order valence-corrected chi connectivity index (χ2v) is 9.41. The van der Waals surface area contributed by atoms with Gasteiger partial charge in [0.2, 0.25) is 0 Å². The van der Waals surface area contributed by atoms with Crippen molar-refractivity contribution in [3.8, 4) is 0 Å². The highest BCUT2D eigenvalue weighted by Crippen LogP contribution is 2.33. The third kappa shape index (κ3) is 5.06. The number of amides is 3. The van der Waals surface area contributed by atoms with Crippen molar-refractivity contribution >= 4 is 46.5 Å². The molecule has 2 atom stereocenters. The summed E-state index contributed by atoms with van der Waals surface area (Å²) in [6, 6.07) is 14.1. The average Bonchev–Trinajstić information content (AvgIpc) is 3.02. The number of thioether (sulfide) groups is 1. The maximum Gasteiger partial charge on any atom is 0.293 e. The number of benzene rings is 2. The Morgan fingerprint density at radius 1 is 1.06 bits per heavy atom. The van der Waals surface area contributed by atoms with Crippen LogP contribution in [-0.2, 0) is 16.1 Å². The first-order chi connectivity index (χ1) is 15.3. The largest absolute Gasteiger partial charge is 0.372 e. The summed E-state index contributed by atoms with van der Waals surface area (Å²) in [6.45, 7) is 5.23. The van der Waals surface area contributed by atoms with Crippen molar-refractivity contribution in [2.45, 2.75) is 32.6 Å². The summed E-state index contributed by atoms with van der Waals surface area (Å²) in [5, 5.41) is 0.293. The predicted octanol–water partition coefficient (Wildman–Crippen LogP) is 4.83. The van der Waals surface area contributed by atoms with E-state index in [9.17, 15) is 14.4 Å². The van der Waals surface area contributed by atoms with E-state index in [4.69, 9.17) is 16.3 Å². The minimum Gasteiger partial charge on any atom is -0.372 e. The van der Waals surface area contributed by atoms with Crippen molar-refractivity contribution in [2.75, 3.05) is 13.1 Å². The van der Waals surface area contributed by atoms with Gasteiger partial charge >= 0.3 is 0 Å². The van der Waals surface area contributed by atoms with Crippen LogP contribution in [0.1, 0.15) is 35.3 Å².